The van der Waals surface area contributed by atoms with Gasteiger partial charge in [0.15, 0.2) is 5.16 Å². The molecule has 0 spiro atoms. The zero-order chi connectivity index (χ0) is 17.9. The number of benzene rings is 1. The zero-order valence-corrected chi connectivity index (χ0v) is 16.3. The fraction of sp³-hybridized carbons (Fsp3) is 0.421. The van der Waals surface area contributed by atoms with Gasteiger partial charge in [0, 0.05) is 22.4 Å². The van der Waals surface area contributed by atoms with Crippen molar-refractivity contribution in [1.82, 2.24) is 19.7 Å². The van der Waals surface area contributed by atoms with E-state index in [9.17, 15) is 0 Å². The van der Waals surface area contributed by atoms with Crippen molar-refractivity contribution in [3.63, 3.8) is 0 Å². The van der Waals surface area contributed by atoms with Crippen LogP contribution >= 0.6 is 23.4 Å². The van der Waals surface area contributed by atoms with E-state index in [0.717, 1.165) is 22.2 Å². The van der Waals surface area contributed by atoms with Crippen LogP contribution in [0.4, 0.5) is 0 Å². The number of nitrogens with zero attached hydrogens (tertiary/aromatic N) is 4. The number of aryl methyl sites for hydroxylation is 1. The second-order valence-corrected chi connectivity index (χ2v) is 8.01. The topological polar surface area (TPSA) is 56.7 Å². The van der Waals surface area contributed by atoms with Crippen LogP contribution in [0.1, 0.15) is 49.7 Å². The Morgan fingerprint density at radius 3 is 2.69 bits per heavy atom. The summed E-state index contributed by atoms with van der Waals surface area (Å²) >= 11 is 7.60. The van der Waals surface area contributed by atoms with Gasteiger partial charge in [0.05, 0.1) is 5.69 Å². The summed E-state index contributed by atoms with van der Waals surface area (Å²) < 4.78 is 7.93. The van der Waals surface area contributed by atoms with E-state index < -0.39 is 0 Å². The van der Waals surface area contributed by atoms with Gasteiger partial charge in [-0.25, -0.2) is 4.98 Å². The summed E-state index contributed by atoms with van der Waals surface area (Å²) in [6, 6.07) is 8.03. The smallest absolute Gasteiger partial charge is 0.226 e. The molecule has 0 saturated heterocycles. The Bertz CT molecular complexity index is 868. The van der Waals surface area contributed by atoms with Crippen LogP contribution < -0.4 is 0 Å². The van der Waals surface area contributed by atoms with E-state index in [1.807, 2.05) is 31.2 Å². The van der Waals surface area contributed by atoms with Crippen LogP contribution in [0, 0.1) is 6.92 Å². The molecule has 26 heavy (non-hydrogen) atoms. The Hall–Kier alpha value is -1.79. The average molecular weight is 389 g/mol. The van der Waals surface area contributed by atoms with Gasteiger partial charge in [-0.2, -0.15) is 0 Å². The molecule has 1 saturated carbocycles. The van der Waals surface area contributed by atoms with Gasteiger partial charge in [0.25, 0.3) is 0 Å². The van der Waals surface area contributed by atoms with Crippen LogP contribution in [0.2, 0.25) is 5.02 Å². The normalized spacial score (nSPS) is 15.5. The first kappa shape index (κ1) is 17.6. The van der Waals surface area contributed by atoms with Gasteiger partial charge < -0.3 is 8.98 Å². The molecule has 2 heterocycles. The molecule has 0 aliphatic heterocycles. The van der Waals surface area contributed by atoms with Crippen LogP contribution in [-0.4, -0.2) is 19.7 Å². The molecule has 7 heteroatoms. The predicted octanol–water partition coefficient (Wildman–Crippen LogP) is 5.69. The SMILES string of the molecule is Cc1nnc(SCc2coc(-c3ccc(Cl)cc3)n2)n1C1CCCCC1. The highest BCUT2D eigenvalue weighted by molar-refractivity contribution is 7.98. The third kappa shape index (κ3) is 3.81. The van der Waals surface area contributed by atoms with Crippen LogP contribution in [0.25, 0.3) is 11.5 Å². The maximum atomic E-state index is 5.93. The maximum absolute atomic E-state index is 5.93. The second-order valence-electron chi connectivity index (χ2n) is 6.63. The van der Waals surface area contributed by atoms with Crippen molar-refractivity contribution in [2.24, 2.45) is 0 Å². The molecule has 0 N–H and O–H groups in total. The summed E-state index contributed by atoms with van der Waals surface area (Å²) in [6.07, 6.45) is 8.08. The van der Waals surface area contributed by atoms with Gasteiger partial charge in [-0.15, -0.1) is 10.2 Å². The lowest BCUT2D eigenvalue weighted by Crippen LogP contribution is -2.15. The summed E-state index contributed by atoms with van der Waals surface area (Å²) in [5, 5.41) is 10.4. The quantitative estimate of drug-likeness (QED) is 0.525. The predicted molar refractivity (Wildman–Crippen MR) is 103 cm³/mol. The molecule has 5 nitrogen and oxygen atoms in total. The molecule has 1 aliphatic carbocycles. The van der Waals surface area contributed by atoms with Crippen molar-refractivity contribution < 1.29 is 4.42 Å². The second kappa shape index (κ2) is 7.84. The van der Waals surface area contributed by atoms with Crippen LogP contribution in [0.5, 0.6) is 0 Å². The summed E-state index contributed by atoms with van der Waals surface area (Å²) in [6.45, 7) is 2.04. The Labute approximate surface area is 162 Å². The van der Waals surface area contributed by atoms with Crippen molar-refractivity contribution in [2.75, 3.05) is 0 Å². The summed E-state index contributed by atoms with van der Waals surface area (Å²) in [5.74, 6) is 2.32. The molecule has 1 aliphatic rings. The van der Waals surface area contributed by atoms with Crippen molar-refractivity contribution in [3.8, 4) is 11.5 Å². The third-order valence-corrected chi connectivity index (χ3v) is 6.00. The Morgan fingerprint density at radius 2 is 1.92 bits per heavy atom. The molecular weight excluding hydrogens is 368 g/mol. The first-order valence-corrected chi connectivity index (χ1v) is 10.3. The minimum atomic E-state index is 0.531. The largest absolute Gasteiger partial charge is 0.444 e. The summed E-state index contributed by atoms with van der Waals surface area (Å²) in [5.41, 5.74) is 1.82. The Balaban J connectivity index is 1.46. The lowest BCUT2D eigenvalue weighted by molar-refractivity contribution is 0.332. The standard InChI is InChI=1S/C19H21ClN4OS/c1-13-22-23-19(24(13)17-5-3-2-4-6-17)26-12-16-11-25-18(21-16)14-7-9-15(20)10-8-14/h7-11,17H,2-6,12H2,1H3. The van der Waals surface area contributed by atoms with E-state index in [0.29, 0.717) is 22.7 Å². The molecule has 0 atom stereocenters. The Kier molecular flexibility index (Phi) is 5.31. The van der Waals surface area contributed by atoms with E-state index in [1.165, 1.54) is 32.1 Å². The highest BCUT2D eigenvalue weighted by atomic mass is 35.5. The number of oxazole rings is 1. The minimum Gasteiger partial charge on any atom is -0.444 e. The molecule has 4 rings (SSSR count). The number of hydrogen-bond acceptors (Lipinski definition) is 5. The van der Waals surface area contributed by atoms with E-state index >= 15 is 0 Å². The molecule has 3 aromatic rings. The molecule has 1 fully saturated rings. The fourth-order valence-electron chi connectivity index (χ4n) is 3.44. The van der Waals surface area contributed by atoms with Crippen molar-refractivity contribution in [2.45, 2.75) is 56.0 Å². The zero-order valence-electron chi connectivity index (χ0n) is 14.7. The molecule has 0 amide bonds. The number of thioether (sulfide) groups is 1. The Morgan fingerprint density at radius 1 is 1.15 bits per heavy atom. The van der Waals surface area contributed by atoms with Gasteiger partial charge in [0.1, 0.15) is 12.1 Å². The monoisotopic (exact) mass is 388 g/mol. The highest BCUT2D eigenvalue weighted by Crippen LogP contribution is 2.33. The molecule has 0 unspecified atom stereocenters. The van der Waals surface area contributed by atoms with Gasteiger partial charge in [-0.05, 0) is 44.0 Å². The maximum Gasteiger partial charge on any atom is 0.226 e. The van der Waals surface area contributed by atoms with E-state index in [2.05, 4.69) is 19.7 Å². The molecule has 1 aromatic carbocycles. The number of halogens is 1. The van der Waals surface area contributed by atoms with Crippen LogP contribution in [0.15, 0.2) is 40.1 Å². The van der Waals surface area contributed by atoms with Crippen molar-refractivity contribution >= 4 is 23.4 Å². The number of hydrogen-bond donors (Lipinski definition) is 0. The fourth-order valence-corrected chi connectivity index (χ4v) is 4.50. The van der Waals surface area contributed by atoms with Gasteiger partial charge >= 0.3 is 0 Å². The number of aromatic nitrogens is 4. The number of rotatable bonds is 5. The lowest BCUT2D eigenvalue weighted by Gasteiger charge is -2.24. The van der Waals surface area contributed by atoms with E-state index in [4.69, 9.17) is 16.0 Å². The minimum absolute atomic E-state index is 0.531. The highest BCUT2D eigenvalue weighted by Gasteiger charge is 2.21. The first-order valence-electron chi connectivity index (χ1n) is 8.95. The van der Waals surface area contributed by atoms with E-state index in [-0.39, 0.29) is 0 Å². The van der Waals surface area contributed by atoms with Crippen molar-refractivity contribution in [1.29, 1.82) is 0 Å². The molecule has 0 radical (unpaired) electrons. The van der Waals surface area contributed by atoms with Gasteiger partial charge in [0.2, 0.25) is 5.89 Å². The average Bonchev–Trinajstić information content (AvgIpc) is 3.28. The summed E-state index contributed by atoms with van der Waals surface area (Å²) in [4.78, 5) is 4.59. The van der Waals surface area contributed by atoms with E-state index in [1.54, 1.807) is 18.0 Å². The molecule has 2 aromatic heterocycles. The summed E-state index contributed by atoms with van der Waals surface area (Å²) in [7, 11) is 0. The lowest BCUT2D eigenvalue weighted by atomic mass is 9.95. The first-order chi connectivity index (χ1) is 12.7. The van der Waals surface area contributed by atoms with Gasteiger partial charge in [-0.1, -0.05) is 42.6 Å². The molecular formula is C19H21ClN4OS. The van der Waals surface area contributed by atoms with Gasteiger partial charge in [-0.3, -0.25) is 0 Å². The van der Waals surface area contributed by atoms with Crippen molar-refractivity contribution in [3.05, 3.63) is 47.1 Å². The molecule has 0 bridgehead atoms. The van der Waals surface area contributed by atoms with Crippen LogP contribution in [-0.2, 0) is 5.75 Å². The molecule has 136 valence electrons. The van der Waals surface area contributed by atoms with Crippen LogP contribution in [0.3, 0.4) is 0 Å². The third-order valence-electron chi connectivity index (χ3n) is 4.77.